The van der Waals surface area contributed by atoms with Gasteiger partial charge in [-0.15, -0.1) is 0 Å². The predicted octanol–water partition coefficient (Wildman–Crippen LogP) is 2.79. The van der Waals surface area contributed by atoms with Crippen LogP contribution in [0.3, 0.4) is 0 Å². The number of rotatable bonds is 3. The van der Waals surface area contributed by atoms with Crippen LogP contribution in [0.15, 0.2) is 23.8 Å². The zero-order valence-electron chi connectivity index (χ0n) is 18.4. The summed E-state index contributed by atoms with van der Waals surface area (Å²) >= 11 is 2.43. The number of fused-ring (bicyclic) bond motifs is 5. The van der Waals surface area contributed by atoms with Gasteiger partial charge in [-0.05, 0) is 49.2 Å². The van der Waals surface area contributed by atoms with Crippen LogP contribution in [0.4, 0.5) is 0 Å². The lowest BCUT2D eigenvalue weighted by Gasteiger charge is -2.61. The molecule has 0 amide bonds. The van der Waals surface area contributed by atoms with Crippen LogP contribution in [0.25, 0.3) is 0 Å². The maximum absolute atomic E-state index is 13.1. The van der Waals surface area contributed by atoms with Crippen LogP contribution in [0.5, 0.6) is 0 Å². The molecule has 3 saturated carbocycles. The number of ether oxygens (including phenoxy) is 1. The molecule has 0 radical (unpaired) electrons. The predicted molar refractivity (Wildman–Crippen MR) is 122 cm³/mol. The Bertz CT molecular complexity index is 895. The number of esters is 1. The van der Waals surface area contributed by atoms with E-state index < -0.39 is 40.9 Å². The molecule has 6 nitrogen and oxygen atoms in total. The van der Waals surface area contributed by atoms with E-state index in [1.54, 1.807) is 12.2 Å². The summed E-state index contributed by atoms with van der Waals surface area (Å²) in [6.07, 6.45) is 6.26. The van der Waals surface area contributed by atoms with Crippen LogP contribution in [0, 0.1) is 34.5 Å². The first kappa shape index (κ1) is 23.1. The molecule has 0 spiro atoms. The van der Waals surface area contributed by atoms with Gasteiger partial charge in [-0.1, -0.05) is 55.0 Å². The van der Waals surface area contributed by atoms with Crippen molar-refractivity contribution in [3.63, 3.8) is 0 Å². The highest BCUT2D eigenvalue weighted by Gasteiger charge is 2.71. The van der Waals surface area contributed by atoms with E-state index in [4.69, 9.17) is 4.74 Å². The van der Waals surface area contributed by atoms with Gasteiger partial charge >= 0.3 is 5.97 Å². The number of carbonyl (C=O) groups is 3. The highest BCUT2D eigenvalue weighted by atomic mass is 127. The smallest absolute Gasteiger partial charge is 0.303 e. The lowest BCUT2D eigenvalue weighted by atomic mass is 9.46. The molecule has 3 fully saturated rings. The summed E-state index contributed by atoms with van der Waals surface area (Å²) in [6.45, 7) is 6.69. The minimum atomic E-state index is -1.66. The zero-order chi connectivity index (χ0) is 22.9. The molecule has 4 aliphatic rings. The number of ketones is 2. The van der Waals surface area contributed by atoms with Crippen LogP contribution >= 0.6 is 22.6 Å². The normalized spacial score (nSPS) is 48.4. The molecule has 0 aromatic rings. The Kier molecular flexibility index (Phi) is 5.58. The Morgan fingerprint density at radius 2 is 2.00 bits per heavy atom. The third-order valence-corrected chi connectivity index (χ3v) is 10.2. The Morgan fingerprint density at radius 1 is 1.32 bits per heavy atom. The van der Waals surface area contributed by atoms with Gasteiger partial charge in [0.1, 0.15) is 5.60 Å². The minimum Gasteiger partial charge on any atom is -0.458 e. The lowest BCUT2D eigenvalue weighted by molar-refractivity contribution is -0.185. The highest BCUT2D eigenvalue weighted by molar-refractivity contribution is 14.1. The van der Waals surface area contributed by atoms with Crippen LogP contribution < -0.4 is 0 Å². The van der Waals surface area contributed by atoms with Gasteiger partial charge in [0.05, 0.1) is 6.10 Å². The van der Waals surface area contributed by atoms with Gasteiger partial charge in [0.2, 0.25) is 5.78 Å². The van der Waals surface area contributed by atoms with Crippen molar-refractivity contribution in [3.05, 3.63) is 23.8 Å². The molecular weight excluding hydrogens is 511 g/mol. The van der Waals surface area contributed by atoms with Gasteiger partial charge in [0.15, 0.2) is 12.4 Å². The molecule has 170 valence electrons. The van der Waals surface area contributed by atoms with Crippen molar-refractivity contribution in [1.82, 2.24) is 0 Å². The number of hydrogen-bond acceptors (Lipinski definition) is 6. The van der Waals surface area contributed by atoms with E-state index in [-0.39, 0.29) is 33.4 Å². The summed E-state index contributed by atoms with van der Waals surface area (Å²) < 4.78 is 5.12. The number of Topliss-reactive ketones (excluding diaryl/α,β-unsaturated/α-hetero) is 1. The molecule has 9 atom stereocenters. The van der Waals surface area contributed by atoms with Gasteiger partial charge in [-0.25, -0.2) is 0 Å². The molecule has 0 unspecified atom stereocenters. The van der Waals surface area contributed by atoms with E-state index in [9.17, 15) is 24.6 Å². The molecule has 0 aliphatic heterocycles. The Balaban J connectivity index is 1.75. The van der Waals surface area contributed by atoms with Crippen LogP contribution in [-0.4, -0.2) is 50.0 Å². The number of hydrogen-bond donors (Lipinski definition) is 2. The standard InChI is InChI=1S/C24H31IO6/c1-12-7-16-20-17(25)9-14-8-15(27)5-6-22(14,3)21(20)18(28)10-23(16,4)24(12,30)19(29)11-31-13(2)26/h5-6,8,12,16-18,20-21,28,30H,7,9-11H2,1-4H3/t12-,16+,17-,18+,20-,21+,22+,23+,24+/m1/s1. The fourth-order valence-electron chi connectivity index (χ4n) is 7.45. The second-order valence-electron chi connectivity index (χ2n) is 10.4. The second kappa shape index (κ2) is 7.48. The molecule has 0 heterocycles. The average Bonchev–Trinajstić information content (AvgIpc) is 2.88. The first-order valence-electron chi connectivity index (χ1n) is 11.0. The fourth-order valence-corrected chi connectivity index (χ4v) is 8.87. The maximum Gasteiger partial charge on any atom is 0.303 e. The highest BCUT2D eigenvalue weighted by Crippen LogP contribution is 2.69. The minimum absolute atomic E-state index is 0.00963. The SMILES string of the molecule is CC(=O)OCC(=O)[C@@]1(O)[C@H](C)C[C@H]2[C@H]3[C@H]([C@@H](O)C[C@@]21C)[C@@]1(C)C=CC(=O)C=C1C[C@H]3I. The Hall–Kier alpha value is -1.06. The molecule has 31 heavy (non-hydrogen) atoms. The van der Waals surface area contributed by atoms with Gasteiger partial charge in [0, 0.05) is 27.6 Å². The van der Waals surface area contributed by atoms with Crippen molar-refractivity contribution in [3.8, 4) is 0 Å². The summed E-state index contributed by atoms with van der Waals surface area (Å²) in [6, 6.07) is 0. The summed E-state index contributed by atoms with van der Waals surface area (Å²) in [4.78, 5) is 36.4. The van der Waals surface area contributed by atoms with Crippen LogP contribution in [-0.2, 0) is 19.1 Å². The number of aliphatic hydroxyl groups excluding tert-OH is 1. The summed E-state index contributed by atoms with van der Waals surface area (Å²) in [5.74, 6) is -1.33. The van der Waals surface area contributed by atoms with Crippen molar-refractivity contribution >= 4 is 40.1 Å². The van der Waals surface area contributed by atoms with Crippen molar-refractivity contribution in [2.45, 2.75) is 62.6 Å². The molecule has 0 aromatic carbocycles. The molecule has 0 aromatic heterocycles. The number of halogens is 1. The van der Waals surface area contributed by atoms with Gasteiger partial charge < -0.3 is 14.9 Å². The van der Waals surface area contributed by atoms with E-state index in [0.29, 0.717) is 12.8 Å². The summed E-state index contributed by atoms with van der Waals surface area (Å²) in [7, 11) is 0. The zero-order valence-corrected chi connectivity index (χ0v) is 20.6. The number of aliphatic hydroxyl groups is 2. The molecule has 0 bridgehead atoms. The van der Waals surface area contributed by atoms with Crippen LogP contribution in [0.1, 0.15) is 47.0 Å². The first-order chi connectivity index (χ1) is 14.4. The number of alkyl halides is 1. The number of allylic oxidation sites excluding steroid dienone is 4. The first-order valence-corrected chi connectivity index (χ1v) is 12.3. The number of carbonyl (C=O) groups excluding carboxylic acids is 3. The van der Waals surface area contributed by atoms with Crippen molar-refractivity contribution in [1.29, 1.82) is 0 Å². The van der Waals surface area contributed by atoms with Gasteiger partial charge in [0.25, 0.3) is 0 Å². The molecule has 4 rings (SSSR count). The maximum atomic E-state index is 13.1. The van der Waals surface area contributed by atoms with E-state index in [1.165, 1.54) is 6.92 Å². The lowest BCUT2D eigenvalue weighted by Crippen LogP contribution is -2.64. The van der Waals surface area contributed by atoms with Crippen molar-refractivity contribution < 1.29 is 29.3 Å². The van der Waals surface area contributed by atoms with E-state index >= 15 is 0 Å². The van der Waals surface area contributed by atoms with Gasteiger partial charge in [-0.3, -0.25) is 14.4 Å². The van der Waals surface area contributed by atoms with E-state index in [2.05, 4.69) is 29.5 Å². The molecule has 0 saturated heterocycles. The topological polar surface area (TPSA) is 101 Å². The third-order valence-electron chi connectivity index (χ3n) is 8.90. The largest absolute Gasteiger partial charge is 0.458 e. The monoisotopic (exact) mass is 542 g/mol. The average molecular weight is 542 g/mol. The van der Waals surface area contributed by atoms with E-state index in [0.717, 1.165) is 12.0 Å². The molecule has 4 aliphatic carbocycles. The Morgan fingerprint density at radius 3 is 2.65 bits per heavy atom. The van der Waals surface area contributed by atoms with Crippen molar-refractivity contribution in [2.75, 3.05) is 6.61 Å². The molecular formula is C24H31IO6. The Labute approximate surface area is 196 Å². The van der Waals surface area contributed by atoms with Crippen molar-refractivity contribution in [2.24, 2.45) is 34.5 Å². The van der Waals surface area contributed by atoms with Crippen LogP contribution in [0.2, 0.25) is 0 Å². The quantitative estimate of drug-likeness (QED) is 0.323. The molecule has 7 heteroatoms. The second-order valence-corrected chi connectivity index (χ2v) is 12.0. The summed E-state index contributed by atoms with van der Waals surface area (Å²) in [5.41, 5.74) is -1.83. The summed E-state index contributed by atoms with van der Waals surface area (Å²) in [5, 5.41) is 23.3. The molecule has 2 N–H and O–H groups in total. The fraction of sp³-hybridized carbons (Fsp3) is 0.708. The third kappa shape index (κ3) is 3.13. The van der Waals surface area contributed by atoms with Gasteiger partial charge in [-0.2, -0.15) is 0 Å². The van der Waals surface area contributed by atoms with E-state index in [1.807, 2.05) is 19.9 Å².